The maximum Gasteiger partial charge on any atom is 0.268 e. The van der Waals surface area contributed by atoms with Crippen molar-refractivity contribution in [3.63, 3.8) is 0 Å². The van der Waals surface area contributed by atoms with Crippen molar-refractivity contribution >= 4 is 29.6 Å². The van der Waals surface area contributed by atoms with Gasteiger partial charge in [-0.05, 0) is 17.5 Å². The van der Waals surface area contributed by atoms with Gasteiger partial charge in [-0.15, -0.1) is 11.8 Å². The van der Waals surface area contributed by atoms with Gasteiger partial charge in [-0.3, -0.25) is 9.36 Å². The highest BCUT2D eigenvalue weighted by molar-refractivity contribution is 8.00. The third-order valence-electron chi connectivity index (χ3n) is 4.85. The molecule has 1 unspecified atom stereocenters. The van der Waals surface area contributed by atoms with Crippen LogP contribution in [0.4, 0.5) is 0 Å². The highest BCUT2D eigenvalue weighted by Crippen LogP contribution is 2.34. The Kier molecular flexibility index (Phi) is 6.57. The monoisotopic (exact) mass is 420 g/mol. The fourth-order valence-electron chi connectivity index (χ4n) is 3.40. The number of nitrogens with zero attached hydrogens (tertiary/aromatic N) is 2. The lowest BCUT2D eigenvalue weighted by Crippen LogP contribution is -2.26. The van der Waals surface area contributed by atoms with Gasteiger partial charge in [0, 0.05) is 24.0 Å². The number of fused-ring (bicyclic) bond motifs is 1. The van der Waals surface area contributed by atoms with E-state index in [-0.39, 0.29) is 5.56 Å². The summed E-state index contributed by atoms with van der Waals surface area (Å²) in [6, 6.07) is 20.6. The normalized spacial score (nSPS) is 15.7. The Bertz CT molecular complexity index is 1050. The smallest absolute Gasteiger partial charge is 0.268 e. The molecule has 4 rings (SSSR count). The molecule has 1 aliphatic rings. The lowest BCUT2D eigenvalue weighted by Gasteiger charge is -2.13. The van der Waals surface area contributed by atoms with E-state index in [0.717, 1.165) is 34.3 Å². The van der Waals surface area contributed by atoms with Crippen LogP contribution in [-0.4, -0.2) is 20.6 Å². The molecule has 2 aromatic carbocycles. The molecule has 5 heteroatoms. The van der Waals surface area contributed by atoms with Crippen molar-refractivity contribution < 1.29 is 0 Å². The van der Waals surface area contributed by atoms with Crippen LogP contribution in [-0.2, 0) is 19.4 Å². The largest absolute Gasteiger partial charge is 0.286 e. The molecule has 1 atom stereocenters. The number of hydrogen-bond acceptors (Lipinski definition) is 4. The van der Waals surface area contributed by atoms with E-state index in [0.29, 0.717) is 11.8 Å². The van der Waals surface area contributed by atoms with E-state index in [9.17, 15) is 4.79 Å². The number of aryl methyl sites for hydroxylation is 1. The van der Waals surface area contributed by atoms with E-state index in [4.69, 9.17) is 4.98 Å². The Hall–Kier alpha value is -2.24. The second-order valence-electron chi connectivity index (χ2n) is 7.12. The number of aromatic nitrogens is 2. The van der Waals surface area contributed by atoms with E-state index in [1.807, 2.05) is 41.0 Å². The second-order valence-corrected chi connectivity index (χ2v) is 9.56. The topological polar surface area (TPSA) is 34.9 Å². The standard InChI is InChI=1S/C24H24N2OS2/c1-18-17-21-22(29-18)23(27)26(15-14-20-11-6-3-7-12-20)24(25-21)28-16-8-13-19-9-4-2-5-10-19/h2-13,18H,14-17H2,1H3. The Morgan fingerprint density at radius 2 is 1.86 bits per heavy atom. The first-order valence-electron chi connectivity index (χ1n) is 9.89. The minimum Gasteiger partial charge on any atom is -0.286 e. The molecule has 0 amide bonds. The predicted molar refractivity (Wildman–Crippen MR) is 124 cm³/mol. The van der Waals surface area contributed by atoms with Crippen LogP contribution in [0.5, 0.6) is 0 Å². The molecule has 0 spiro atoms. The van der Waals surface area contributed by atoms with Gasteiger partial charge in [0.05, 0.1) is 10.6 Å². The molecule has 1 aliphatic heterocycles. The van der Waals surface area contributed by atoms with Crippen molar-refractivity contribution in [2.75, 3.05) is 5.75 Å². The second kappa shape index (κ2) is 9.51. The van der Waals surface area contributed by atoms with Crippen molar-refractivity contribution in [1.29, 1.82) is 0 Å². The lowest BCUT2D eigenvalue weighted by molar-refractivity contribution is 0.565. The van der Waals surface area contributed by atoms with E-state index in [1.54, 1.807) is 23.5 Å². The molecule has 0 bridgehead atoms. The first kappa shape index (κ1) is 20.0. The van der Waals surface area contributed by atoms with Crippen molar-refractivity contribution in [2.45, 2.75) is 41.6 Å². The van der Waals surface area contributed by atoms with Gasteiger partial charge in [-0.2, -0.15) is 0 Å². The van der Waals surface area contributed by atoms with Crippen LogP contribution in [0.15, 0.2) is 81.6 Å². The van der Waals surface area contributed by atoms with Crippen LogP contribution in [0.1, 0.15) is 23.7 Å². The molecule has 0 saturated heterocycles. The van der Waals surface area contributed by atoms with E-state index < -0.39 is 0 Å². The third kappa shape index (κ3) is 5.03. The lowest BCUT2D eigenvalue weighted by atomic mass is 10.1. The highest BCUT2D eigenvalue weighted by atomic mass is 32.2. The van der Waals surface area contributed by atoms with Gasteiger partial charge >= 0.3 is 0 Å². The number of benzene rings is 2. The van der Waals surface area contributed by atoms with Gasteiger partial charge in [-0.25, -0.2) is 4.98 Å². The van der Waals surface area contributed by atoms with E-state index >= 15 is 0 Å². The van der Waals surface area contributed by atoms with Crippen LogP contribution in [0.25, 0.3) is 6.08 Å². The fraction of sp³-hybridized carbons (Fsp3) is 0.250. The summed E-state index contributed by atoms with van der Waals surface area (Å²) >= 11 is 3.31. The zero-order valence-corrected chi connectivity index (χ0v) is 18.1. The summed E-state index contributed by atoms with van der Waals surface area (Å²) in [6.07, 6.45) is 5.96. The van der Waals surface area contributed by atoms with Gasteiger partial charge in [0.15, 0.2) is 5.16 Å². The summed E-state index contributed by atoms with van der Waals surface area (Å²) in [7, 11) is 0. The highest BCUT2D eigenvalue weighted by Gasteiger charge is 2.26. The van der Waals surface area contributed by atoms with Gasteiger partial charge in [-0.1, -0.05) is 91.5 Å². The van der Waals surface area contributed by atoms with Crippen LogP contribution in [0, 0.1) is 0 Å². The molecule has 3 aromatic rings. The SMILES string of the molecule is CC1Cc2nc(SCC=Cc3ccccc3)n(CCc3ccccc3)c(=O)c2S1. The summed E-state index contributed by atoms with van der Waals surface area (Å²) in [4.78, 5) is 18.9. The van der Waals surface area contributed by atoms with E-state index in [2.05, 4.69) is 43.3 Å². The van der Waals surface area contributed by atoms with Crippen molar-refractivity contribution in [3.8, 4) is 0 Å². The zero-order valence-electron chi connectivity index (χ0n) is 16.5. The minimum absolute atomic E-state index is 0.120. The van der Waals surface area contributed by atoms with Gasteiger partial charge in [0.25, 0.3) is 5.56 Å². The zero-order chi connectivity index (χ0) is 20.1. The molecule has 0 saturated carbocycles. The summed E-state index contributed by atoms with van der Waals surface area (Å²) in [5.74, 6) is 0.786. The first-order chi connectivity index (χ1) is 14.2. The fourth-order valence-corrected chi connectivity index (χ4v) is 5.36. The minimum atomic E-state index is 0.120. The van der Waals surface area contributed by atoms with Gasteiger partial charge in [0.2, 0.25) is 0 Å². The average molecular weight is 421 g/mol. The molecule has 0 radical (unpaired) electrons. The van der Waals surface area contributed by atoms with Gasteiger partial charge < -0.3 is 0 Å². The van der Waals surface area contributed by atoms with Crippen LogP contribution < -0.4 is 5.56 Å². The molecule has 2 heterocycles. The maximum atomic E-state index is 13.2. The first-order valence-corrected chi connectivity index (χ1v) is 11.8. The van der Waals surface area contributed by atoms with E-state index in [1.165, 1.54) is 11.1 Å². The Labute approximate surface area is 180 Å². The molecule has 0 fully saturated rings. The summed E-state index contributed by atoms with van der Waals surface area (Å²) in [6.45, 7) is 2.82. The molecular formula is C24H24N2OS2. The molecule has 148 valence electrons. The summed E-state index contributed by atoms with van der Waals surface area (Å²) in [5, 5.41) is 1.25. The van der Waals surface area contributed by atoms with Gasteiger partial charge in [0.1, 0.15) is 0 Å². The van der Waals surface area contributed by atoms with Crippen molar-refractivity contribution in [3.05, 3.63) is 93.9 Å². The summed E-state index contributed by atoms with van der Waals surface area (Å²) < 4.78 is 1.87. The molecule has 0 N–H and O–H groups in total. The maximum absolute atomic E-state index is 13.2. The molecule has 29 heavy (non-hydrogen) atoms. The predicted octanol–water partition coefficient (Wildman–Crippen LogP) is 5.33. The Morgan fingerprint density at radius 3 is 2.62 bits per heavy atom. The molecular weight excluding hydrogens is 396 g/mol. The van der Waals surface area contributed by atoms with Crippen molar-refractivity contribution in [1.82, 2.24) is 9.55 Å². The molecule has 3 nitrogen and oxygen atoms in total. The van der Waals surface area contributed by atoms with Crippen LogP contribution >= 0.6 is 23.5 Å². The number of rotatable bonds is 7. The number of hydrogen-bond donors (Lipinski definition) is 0. The van der Waals surface area contributed by atoms with Crippen molar-refractivity contribution in [2.24, 2.45) is 0 Å². The average Bonchev–Trinajstić information content (AvgIpc) is 3.13. The number of thioether (sulfide) groups is 2. The van der Waals surface area contributed by atoms with Crippen LogP contribution in [0.3, 0.4) is 0 Å². The molecule has 0 aliphatic carbocycles. The summed E-state index contributed by atoms with van der Waals surface area (Å²) in [5.41, 5.74) is 3.51. The third-order valence-corrected chi connectivity index (χ3v) is 6.99. The Morgan fingerprint density at radius 1 is 1.14 bits per heavy atom. The van der Waals surface area contributed by atoms with Crippen LogP contribution in [0.2, 0.25) is 0 Å². The molecule has 1 aromatic heterocycles. The Balaban J connectivity index is 1.54. The quantitative estimate of drug-likeness (QED) is 0.382.